The largest absolute Gasteiger partial charge is 0.508 e. The van der Waals surface area contributed by atoms with Crippen LogP contribution in [0.5, 0.6) is 5.75 Å². The van der Waals surface area contributed by atoms with E-state index >= 15 is 0 Å². The molecule has 0 aliphatic carbocycles. The first-order valence-electron chi connectivity index (χ1n) is 8.44. The van der Waals surface area contributed by atoms with E-state index < -0.39 is 0 Å². The van der Waals surface area contributed by atoms with Gasteiger partial charge in [0.05, 0.1) is 0 Å². The Balaban J connectivity index is 1.98. The van der Waals surface area contributed by atoms with E-state index in [4.69, 9.17) is 0 Å². The summed E-state index contributed by atoms with van der Waals surface area (Å²) in [6, 6.07) is 16.1. The minimum Gasteiger partial charge on any atom is -0.508 e. The van der Waals surface area contributed by atoms with Crippen LogP contribution in [-0.4, -0.2) is 11.7 Å². The van der Waals surface area contributed by atoms with Gasteiger partial charge in [0.1, 0.15) is 5.75 Å². The van der Waals surface area contributed by atoms with Crippen molar-refractivity contribution < 1.29 is 5.11 Å². The molecule has 0 saturated heterocycles. The van der Waals surface area contributed by atoms with Crippen LogP contribution >= 0.6 is 0 Å². The maximum atomic E-state index is 9.79. The molecule has 0 atom stereocenters. The second-order valence-corrected chi connectivity index (χ2v) is 5.93. The summed E-state index contributed by atoms with van der Waals surface area (Å²) >= 11 is 0. The summed E-state index contributed by atoms with van der Waals surface area (Å²) in [5.74, 6) is 0.338. The molecule has 0 radical (unpaired) electrons. The van der Waals surface area contributed by atoms with E-state index in [1.807, 2.05) is 18.2 Å². The zero-order chi connectivity index (χ0) is 16.5. The van der Waals surface area contributed by atoms with Crippen LogP contribution in [0.4, 0.5) is 0 Å². The van der Waals surface area contributed by atoms with Crippen molar-refractivity contribution in [2.45, 2.75) is 39.7 Å². The molecular weight excluding hydrogens is 282 g/mol. The fourth-order valence-corrected chi connectivity index (χ4v) is 2.67. The summed E-state index contributed by atoms with van der Waals surface area (Å²) in [5, 5.41) is 13.3. The standard InChI is InChI=1S/C21H27NO/c1-3-4-10-19(21-15-20(23)12-11-17(21)2)13-14-22-16-18-8-6-5-7-9-18/h5-12,15,22-23H,3-4,13-14,16H2,1-2H3/b19-10-. The van der Waals surface area contributed by atoms with Crippen LogP contribution in [0.1, 0.15) is 42.9 Å². The van der Waals surface area contributed by atoms with Crippen molar-refractivity contribution in [3.63, 3.8) is 0 Å². The molecule has 122 valence electrons. The SMILES string of the molecule is CCC/C=C(/CCNCc1ccccc1)c1cc(O)ccc1C. The van der Waals surface area contributed by atoms with Crippen molar-refractivity contribution in [1.29, 1.82) is 0 Å². The zero-order valence-electron chi connectivity index (χ0n) is 14.2. The molecule has 2 rings (SSSR count). The Bertz CT molecular complexity index is 632. The molecule has 0 unspecified atom stereocenters. The van der Waals surface area contributed by atoms with Crippen molar-refractivity contribution in [1.82, 2.24) is 5.32 Å². The fourth-order valence-electron chi connectivity index (χ4n) is 2.67. The van der Waals surface area contributed by atoms with E-state index in [2.05, 4.69) is 49.5 Å². The van der Waals surface area contributed by atoms with E-state index in [1.165, 1.54) is 22.3 Å². The second kappa shape index (κ2) is 9.16. The van der Waals surface area contributed by atoms with Crippen LogP contribution in [0, 0.1) is 6.92 Å². The van der Waals surface area contributed by atoms with Gasteiger partial charge in [0.25, 0.3) is 0 Å². The Hall–Kier alpha value is -2.06. The monoisotopic (exact) mass is 309 g/mol. The molecule has 2 N–H and O–H groups in total. The molecular formula is C21H27NO. The molecule has 0 spiro atoms. The molecule has 0 amide bonds. The summed E-state index contributed by atoms with van der Waals surface area (Å²) in [6.07, 6.45) is 5.49. The molecule has 0 aromatic heterocycles. The fraction of sp³-hybridized carbons (Fsp3) is 0.333. The van der Waals surface area contributed by atoms with Crippen molar-refractivity contribution in [2.75, 3.05) is 6.54 Å². The van der Waals surface area contributed by atoms with Crippen molar-refractivity contribution in [3.05, 3.63) is 71.3 Å². The highest BCUT2D eigenvalue weighted by Crippen LogP contribution is 2.26. The molecule has 2 nitrogen and oxygen atoms in total. The molecule has 2 heteroatoms. The van der Waals surface area contributed by atoms with Gasteiger partial charge in [-0.2, -0.15) is 0 Å². The number of allylic oxidation sites excluding steroid dienone is 1. The van der Waals surface area contributed by atoms with Crippen LogP contribution < -0.4 is 5.32 Å². The summed E-state index contributed by atoms with van der Waals surface area (Å²) in [5.41, 5.74) is 5.01. The lowest BCUT2D eigenvalue weighted by Gasteiger charge is -2.13. The number of aryl methyl sites for hydroxylation is 1. The summed E-state index contributed by atoms with van der Waals surface area (Å²) < 4.78 is 0. The number of phenols is 1. The molecule has 0 fully saturated rings. The normalized spacial score (nSPS) is 11.7. The predicted molar refractivity (Wildman–Crippen MR) is 98.5 cm³/mol. The quantitative estimate of drug-likeness (QED) is 0.668. The van der Waals surface area contributed by atoms with E-state index in [0.717, 1.165) is 32.4 Å². The zero-order valence-corrected chi connectivity index (χ0v) is 14.2. The van der Waals surface area contributed by atoms with Gasteiger partial charge in [0, 0.05) is 6.54 Å². The minimum absolute atomic E-state index is 0.338. The lowest BCUT2D eigenvalue weighted by molar-refractivity contribution is 0.475. The maximum Gasteiger partial charge on any atom is 0.116 e. The maximum absolute atomic E-state index is 9.79. The van der Waals surface area contributed by atoms with Crippen molar-refractivity contribution in [3.8, 4) is 5.75 Å². The highest BCUT2D eigenvalue weighted by molar-refractivity contribution is 5.69. The molecule has 2 aromatic carbocycles. The van der Waals surface area contributed by atoms with Gasteiger partial charge in [0.15, 0.2) is 0 Å². The van der Waals surface area contributed by atoms with Gasteiger partial charge in [-0.1, -0.05) is 55.8 Å². The first kappa shape index (κ1) is 17.3. The third kappa shape index (κ3) is 5.57. The van der Waals surface area contributed by atoms with Gasteiger partial charge >= 0.3 is 0 Å². The van der Waals surface area contributed by atoms with E-state index in [9.17, 15) is 5.11 Å². The van der Waals surface area contributed by atoms with E-state index in [1.54, 1.807) is 6.07 Å². The molecule has 0 bridgehead atoms. The Morgan fingerprint density at radius 1 is 1.13 bits per heavy atom. The van der Waals surface area contributed by atoms with Gasteiger partial charge in [-0.25, -0.2) is 0 Å². The molecule has 0 aliphatic rings. The Morgan fingerprint density at radius 2 is 1.91 bits per heavy atom. The lowest BCUT2D eigenvalue weighted by Crippen LogP contribution is -2.15. The highest BCUT2D eigenvalue weighted by atomic mass is 16.3. The van der Waals surface area contributed by atoms with Gasteiger partial charge in [-0.05, 0) is 60.7 Å². The third-order valence-corrected chi connectivity index (χ3v) is 3.99. The van der Waals surface area contributed by atoms with Crippen LogP contribution in [-0.2, 0) is 6.54 Å². The van der Waals surface area contributed by atoms with Gasteiger partial charge in [-0.3, -0.25) is 0 Å². The highest BCUT2D eigenvalue weighted by Gasteiger charge is 2.06. The van der Waals surface area contributed by atoms with Crippen molar-refractivity contribution in [2.24, 2.45) is 0 Å². The predicted octanol–water partition coefficient (Wildman–Crippen LogP) is 5.06. The van der Waals surface area contributed by atoms with Crippen LogP contribution in [0.15, 0.2) is 54.6 Å². The minimum atomic E-state index is 0.338. The average molecular weight is 309 g/mol. The molecule has 0 heterocycles. The number of hydrogen-bond donors (Lipinski definition) is 2. The smallest absolute Gasteiger partial charge is 0.116 e. The van der Waals surface area contributed by atoms with E-state index in [-0.39, 0.29) is 0 Å². The average Bonchev–Trinajstić information content (AvgIpc) is 2.57. The number of hydrogen-bond acceptors (Lipinski definition) is 2. The van der Waals surface area contributed by atoms with Crippen molar-refractivity contribution >= 4 is 5.57 Å². The number of nitrogens with one attached hydrogen (secondary N) is 1. The first-order chi connectivity index (χ1) is 11.2. The number of rotatable bonds is 8. The second-order valence-electron chi connectivity index (χ2n) is 5.93. The lowest BCUT2D eigenvalue weighted by atomic mass is 9.96. The molecule has 0 saturated carbocycles. The van der Waals surface area contributed by atoms with Crippen LogP contribution in [0.2, 0.25) is 0 Å². The topological polar surface area (TPSA) is 32.3 Å². The number of aromatic hydroxyl groups is 1. The Labute approximate surface area is 139 Å². The first-order valence-corrected chi connectivity index (χ1v) is 8.44. The summed E-state index contributed by atoms with van der Waals surface area (Å²) in [7, 11) is 0. The Kier molecular flexibility index (Phi) is 6.89. The van der Waals surface area contributed by atoms with E-state index in [0.29, 0.717) is 5.75 Å². The molecule has 0 aliphatic heterocycles. The Morgan fingerprint density at radius 3 is 2.65 bits per heavy atom. The molecule has 2 aromatic rings. The summed E-state index contributed by atoms with van der Waals surface area (Å²) in [6.45, 7) is 6.11. The number of phenolic OH excluding ortho intramolecular Hbond substituents is 1. The van der Waals surface area contributed by atoms with Gasteiger partial charge in [-0.15, -0.1) is 0 Å². The third-order valence-electron chi connectivity index (χ3n) is 3.99. The summed E-state index contributed by atoms with van der Waals surface area (Å²) in [4.78, 5) is 0. The number of unbranched alkanes of at least 4 members (excludes halogenated alkanes) is 1. The molecule has 23 heavy (non-hydrogen) atoms. The van der Waals surface area contributed by atoms with Crippen LogP contribution in [0.25, 0.3) is 5.57 Å². The van der Waals surface area contributed by atoms with Gasteiger partial charge < -0.3 is 10.4 Å². The number of benzene rings is 2. The van der Waals surface area contributed by atoms with Crippen LogP contribution in [0.3, 0.4) is 0 Å². The van der Waals surface area contributed by atoms with Gasteiger partial charge in [0.2, 0.25) is 0 Å².